The van der Waals surface area contributed by atoms with Gasteiger partial charge in [-0.05, 0) is 40.0 Å². The molecule has 0 saturated carbocycles. The van der Waals surface area contributed by atoms with Crippen LogP contribution in [0.25, 0.3) is 0 Å². The summed E-state index contributed by atoms with van der Waals surface area (Å²) in [5.41, 5.74) is 10.6. The van der Waals surface area contributed by atoms with Gasteiger partial charge in [-0.1, -0.05) is 12.8 Å². The second-order valence-corrected chi connectivity index (χ2v) is 3.91. The molecule has 1 rings (SSSR count). The zero-order chi connectivity index (χ0) is 12.6. The summed E-state index contributed by atoms with van der Waals surface area (Å²) in [5, 5.41) is 2.75. The Labute approximate surface area is 105 Å². The van der Waals surface area contributed by atoms with Gasteiger partial charge in [-0.15, -0.1) is 11.6 Å². The van der Waals surface area contributed by atoms with E-state index in [0.717, 1.165) is 32.5 Å². The van der Waals surface area contributed by atoms with E-state index in [1.165, 1.54) is 12.8 Å². The molecule has 1 aliphatic rings. The summed E-state index contributed by atoms with van der Waals surface area (Å²) in [5.74, 6) is 0.667. The predicted molar refractivity (Wildman–Crippen MR) is 72.0 cm³/mol. The zero-order valence-electron chi connectivity index (χ0n) is 10.7. The molecule has 0 amide bonds. The lowest BCUT2D eigenvalue weighted by Gasteiger charge is -1.94. The van der Waals surface area contributed by atoms with Crippen LogP contribution in [0.1, 0.15) is 25.7 Å². The summed E-state index contributed by atoms with van der Waals surface area (Å²) in [6.07, 6.45) is 5.19. The van der Waals surface area contributed by atoms with Crippen LogP contribution in [0.5, 0.6) is 0 Å². The minimum atomic E-state index is 0.400. The minimum absolute atomic E-state index is 0.400. The second kappa shape index (κ2) is 17.5. The lowest BCUT2D eigenvalue weighted by atomic mass is 10.2. The van der Waals surface area contributed by atoms with E-state index in [-0.39, 0.29) is 0 Å². The largest absolute Gasteiger partial charge is 0.372 e. The maximum atomic E-state index is 5.28. The third-order valence-electron chi connectivity index (χ3n) is 1.73. The summed E-state index contributed by atoms with van der Waals surface area (Å²) in [6.45, 7) is 2.53. The monoisotopic (exact) mass is 253 g/mol. The average molecular weight is 254 g/mol. The van der Waals surface area contributed by atoms with E-state index in [1.54, 1.807) is 0 Å². The van der Waals surface area contributed by atoms with Crippen LogP contribution in [0, 0.1) is 0 Å². The number of rotatable bonds is 6. The number of nitrogens with two attached hydrogens (primary N) is 2. The molecule has 5 N–H and O–H groups in total. The number of unbranched alkanes of at least 4 members (excludes halogenated alkanes) is 3. The van der Waals surface area contributed by atoms with Gasteiger partial charge >= 0.3 is 0 Å². The van der Waals surface area contributed by atoms with Crippen LogP contribution < -0.4 is 16.8 Å². The Morgan fingerprint density at radius 2 is 1.50 bits per heavy atom. The van der Waals surface area contributed by atoms with Crippen molar-refractivity contribution in [3.8, 4) is 0 Å². The van der Waals surface area contributed by atoms with E-state index in [0.29, 0.717) is 12.0 Å². The van der Waals surface area contributed by atoms with Crippen LogP contribution in [-0.4, -0.2) is 45.8 Å². The molecule has 0 radical (unpaired) electrons. The lowest BCUT2D eigenvalue weighted by molar-refractivity contribution is 0.425. The normalized spacial score (nSPS) is 16.7. The molecule has 1 heterocycles. The van der Waals surface area contributed by atoms with Gasteiger partial charge in [0, 0.05) is 0 Å². The van der Waals surface area contributed by atoms with E-state index >= 15 is 0 Å². The van der Waals surface area contributed by atoms with Crippen molar-refractivity contribution < 1.29 is 4.74 Å². The molecule has 1 fully saturated rings. The molecule has 4 nitrogen and oxygen atoms in total. The third-order valence-corrected chi connectivity index (χ3v) is 2.08. The van der Waals surface area contributed by atoms with Crippen LogP contribution in [0.2, 0.25) is 0 Å². The van der Waals surface area contributed by atoms with Crippen LogP contribution in [0.4, 0.5) is 0 Å². The Hall–Kier alpha value is 0.130. The third kappa shape index (κ3) is 23.7. The molecule has 16 heavy (non-hydrogen) atoms. The number of nitrogens with one attached hydrogen (secondary N) is 1. The summed E-state index contributed by atoms with van der Waals surface area (Å²) in [7, 11) is 3.75. The van der Waals surface area contributed by atoms with Gasteiger partial charge in [0.05, 0.1) is 18.6 Å². The van der Waals surface area contributed by atoms with E-state index in [2.05, 4.69) is 5.32 Å². The molecular weight excluding hydrogens is 226 g/mol. The first-order chi connectivity index (χ1) is 7.76. The van der Waals surface area contributed by atoms with Crippen molar-refractivity contribution in [1.29, 1.82) is 0 Å². The quantitative estimate of drug-likeness (QED) is 0.374. The molecule has 5 heteroatoms. The fourth-order valence-electron chi connectivity index (χ4n) is 0.799. The van der Waals surface area contributed by atoms with Gasteiger partial charge in [-0.25, -0.2) is 0 Å². The van der Waals surface area contributed by atoms with Gasteiger partial charge in [0.15, 0.2) is 0 Å². The van der Waals surface area contributed by atoms with Crippen molar-refractivity contribution >= 4 is 11.6 Å². The number of epoxide rings is 1. The van der Waals surface area contributed by atoms with E-state index in [4.69, 9.17) is 27.8 Å². The molecule has 100 valence electrons. The van der Waals surface area contributed by atoms with Crippen LogP contribution in [0.3, 0.4) is 0 Å². The number of halogens is 1. The van der Waals surface area contributed by atoms with Crippen molar-refractivity contribution in [3.05, 3.63) is 0 Å². The zero-order valence-corrected chi connectivity index (χ0v) is 11.4. The molecule has 1 atom stereocenters. The Kier molecular flexibility index (Phi) is 20.3. The fourth-order valence-corrected chi connectivity index (χ4v) is 0.978. The highest BCUT2D eigenvalue weighted by Gasteiger charge is 2.19. The number of ether oxygens (including phenoxy) is 1. The van der Waals surface area contributed by atoms with Crippen molar-refractivity contribution in [2.45, 2.75) is 31.8 Å². The van der Waals surface area contributed by atoms with Crippen molar-refractivity contribution in [2.24, 2.45) is 11.5 Å². The molecule has 1 aliphatic heterocycles. The van der Waals surface area contributed by atoms with E-state index in [9.17, 15) is 0 Å². The van der Waals surface area contributed by atoms with Gasteiger partial charge in [-0.2, -0.15) is 0 Å². The van der Waals surface area contributed by atoms with Crippen LogP contribution >= 0.6 is 11.6 Å². The highest BCUT2D eigenvalue weighted by molar-refractivity contribution is 6.18. The van der Waals surface area contributed by atoms with Crippen molar-refractivity contribution in [3.63, 3.8) is 0 Å². The lowest BCUT2D eigenvalue weighted by Crippen LogP contribution is -2.00. The topological polar surface area (TPSA) is 76.6 Å². The highest BCUT2D eigenvalue weighted by atomic mass is 35.5. The minimum Gasteiger partial charge on any atom is -0.372 e. The van der Waals surface area contributed by atoms with Gasteiger partial charge in [0.2, 0.25) is 0 Å². The van der Waals surface area contributed by atoms with Gasteiger partial charge in [0.25, 0.3) is 0 Å². The molecule has 1 unspecified atom stereocenters. The first-order valence-electron chi connectivity index (χ1n) is 5.92. The molecule has 0 aromatic carbocycles. The van der Waals surface area contributed by atoms with E-state index in [1.807, 2.05) is 14.1 Å². The maximum absolute atomic E-state index is 5.28. The smallest absolute Gasteiger partial charge is 0.0944 e. The Balaban J connectivity index is 0. The highest BCUT2D eigenvalue weighted by Crippen LogP contribution is 2.08. The Morgan fingerprint density at radius 3 is 1.62 bits per heavy atom. The summed E-state index contributed by atoms with van der Waals surface area (Å²) >= 11 is 5.27. The predicted octanol–water partition coefficient (Wildman–Crippen LogP) is 0.924. The standard InChI is InChI=1S/C6H16N2.C3H5ClO.C2H7N/c7-5-3-1-2-4-6-8;4-1-3-2-5-3;1-3-2/h1-8H2;3H,1-2H2;3H,1-2H3. The molecule has 0 aromatic heterocycles. The Morgan fingerprint density at radius 1 is 1.12 bits per heavy atom. The molecule has 0 spiro atoms. The molecule has 0 aromatic rings. The average Bonchev–Trinajstić information content (AvgIpc) is 3.10. The maximum Gasteiger partial charge on any atom is 0.0944 e. The van der Waals surface area contributed by atoms with E-state index < -0.39 is 0 Å². The number of alkyl halides is 1. The SMILES string of the molecule is CNC.ClCC1CO1.NCCCCCCN. The molecule has 0 bridgehead atoms. The van der Waals surface area contributed by atoms with Crippen molar-refractivity contribution in [1.82, 2.24) is 5.32 Å². The Bertz CT molecular complexity index is 107. The van der Waals surface area contributed by atoms with Gasteiger partial charge in [-0.3, -0.25) is 0 Å². The van der Waals surface area contributed by atoms with Gasteiger partial charge < -0.3 is 21.5 Å². The summed E-state index contributed by atoms with van der Waals surface area (Å²) < 4.78 is 4.73. The number of hydrogen-bond acceptors (Lipinski definition) is 4. The van der Waals surface area contributed by atoms with Gasteiger partial charge in [0.1, 0.15) is 0 Å². The molecular formula is C11H28ClN3O. The first-order valence-corrected chi connectivity index (χ1v) is 6.46. The second-order valence-electron chi connectivity index (χ2n) is 3.60. The van der Waals surface area contributed by atoms with Crippen molar-refractivity contribution in [2.75, 3.05) is 39.7 Å². The molecule has 0 aliphatic carbocycles. The van der Waals surface area contributed by atoms with Crippen LogP contribution in [-0.2, 0) is 4.74 Å². The molecule has 1 saturated heterocycles. The van der Waals surface area contributed by atoms with Crippen LogP contribution in [0.15, 0.2) is 0 Å². The fraction of sp³-hybridized carbons (Fsp3) is 1.00. The summed E-state index contributed by atoms with van der Waals surface area (Å²) in [6, 6.07) is 0. The first kappa shape index (κ1) is 18.5. The number of hydrogen-bond donors (Lipinski definition) is 3. The summed E-state index contributed by atoms with van der Waals surface area (Å²) in [4.78, 5) is 0.